The Bertz CT molecular complexity index is 372. The molecule has 4 heteroatoms. The molecule has 2 atom stereocenters. The van der Waals surface area contributed by atoms with Gasteiger partial charge in [0.25, 0.3) is 0 Å². The van der Waals surface area contributed by atoms with Crippen LogP contribution < -0.4 is 0 Å². The number of carbonyl (C=O) groups excluding carboxylic acids is 1. The van der Waals surface area contributed by atoms with Crippen LogP contribution >= 0.6 is 0 Å². The van der Waals surface area contributed by atoms with Gasteiger partial charge < -0.3 is 9.15 Å². The molecule has 0 spiro atoms. The first-order chi connectivity index (χ1) is 7.74. The summed E-state index contributed by atoms with van der Waals surface area (Å²) in [6, 6.07) is 0. The van der Waals surface area contributed by atoms with Crippen LogP contribution in [0.25, 0.3) is 0 Å². The Labute approximate surface area is 95.0 Å². The van der Waals surface area contributed by atoms with Crippen LogP contribution in [0, 0.1) is 5.92 Å². The van der Waals surface area contributed by atoms with Crippen molar-refractivity contribution in [2.75, 3.05) is 7.11 Å². The molecular weight excluding hydrogens is 206 g/mol. The maximum Gasteiger partial charge on any atom is 0.308 e. The fourth-order valence-corrected chi connectivity index (χ4v) is 2.26. The lowest BCUT2D eigenvalue weighted by Crippen LogP contribution is -2.12. The summed E-state index contributed by atoms with van der Waals surface area (Å²) in [5.74, 6) is 1.89. The molecule has 1 aliphatic rings. The lowest BCUT2D eigenvalue weighted by Gasteiger charge is -2.06. The zero-order valence-electron chi connectivity index (χ0n) is 9.73. The molecule has 0 amide bonds. The quantitative estimate of drug-likeness (QED) is 0.738. The molecule has 0 aliphatic heterocycles. The smallest absolute Gasteiger partial charge is 0.308 e. The van der Waals surface area contributed by atoms with E-state index in [9.17, 15) is 4.79 Å². The lowest BCUT2D eigenvalue weighted by molar-refractivity contribution is -0.145. The van der Waals surface area contributed by atoms with Crippen molar-refractivity contribution in [2.24, 2.45) is 5.92 Å². The normalized spacial score (nSPS) is 24.6. The molecule has 0 bridgehead atoms. The van der Waals surface area contributed by atoms with E-state index in [1.807, 2.05) is 6.92 Å². The van der Waals surface area contributed by atoms with Crippen LogP contribution in [0.1, 0.15) is 43.8 Å². The van der Waals surface area contributed by atoms with Gasteiger partial charge in [-0.2, -0.15) is 0 Å². The maximum absolute atomic E-state index is 11.4. The van der Waals surface area contributed by atoms with Gasteiger partial charge in [0, 0.05) is 12.3 Å². The molecule has 1 fully saturated rings. The Morgan fingerprint density at radius 3 is 3.06 bits per heavy atom. The van der Waals surface area contributed by atoms with E-state index in [1.54, 1.807) is 6.20 Å². The van der Waals surface area contributed by atoms with Crippen molar-refractivity contribution in [3.05, 3.63) is 17.8 Å². The third kappa shape index (κ3) is 2.10. The van der Waals surface area contributed by atoms with E-state index in [4.69, 9.17) is 9.15 Å². The summed E-state index contributed by atoms with van der Waals surface area (Å²) in [7, 11) is 1.44. The fraction of sp³-hybridized carbons (Fsp3) is 0.667. The minimum Gasteiger partial charge on any atom is -0.469 e. The van der Waals surface area contributed by atoms with Crippen molar-refractivity contribution in [3.63, 3.8) is 0 Å². The van der Waals surface area contributed by atoms with Crippen molar-refractivity contribution in [2.45, 2.75) is 38.5 Å². The first-order valence-corrected chi connectivity index (χ1v) is 5.77. The maximum atomic E-state index is 11.4. The van der Waals surface area contributed by atoms with Crippen molar-refractivity contribution < 1.29 is 13.9 Å². The monoisotopic (exact) mass is 223 g/mol. The molecule has 4 nitrogen and oxygen atoms in total. The molecule has 2 unspecified atom stereocenters. The second kappa shape index (κ2) is 4.68. The van der Waals surface area contributed by atoms with Crippen molar-refractivity contribution in [1.29, 1.82) is 0 Å². The molecule has 16 heavy (non-hydrogen) atoms. The summed E-state index contributed by atoms with van der Waals surface area (Å²) in [6.07, 6.45) is 5.28. The molecule has 1 aromatic heterocycles. The molecule has 88 valence electrons. The summed E-state index contributed by atoms with van der Waals surface area (Å²) < 4.78 is 10.4. The van der Waals surface area contributed by atoms with Crippen LogP contribution in [0.4, 0.5) is 0 Å². The highest BCUT2D eigenvalue weighted by atomic mass is 16.5. The van der Waals surface area contributed by atoms with E-state index < -0.39 is 0 Å². The topological polar surface area (TPSA) is 52.3 Å². The van der Waals surface area contributed by atoms with E-state index in [0.717, 1.165) is 37.3 Å². The molecule has 0 saturated heterocycles. The number of aryl methyl sites for hydroxylation is 1. The Balaban J connectivity index is 2.00. The van der Waals surface area contributed by atoms with Gasteiger partial charge in [0.15, 0.2) is 5.89 Å². The Morgan fingerprint density at radius 2 is 2.44 bits per heavy atom. The summed E-state index contributed by atoms with van der Waals surface area (Å²) in [6.45, 7) is 2.04. The highest BCUT2D eigenvalue weighted by Crippen LogP contribution is 2.38. The number of aromatic nitrogens is 1. The number of hydrogen-bond donors (Lipinski definition) is 0. The van der Waals surface area contributed by atoms with Gasteiger partial charge in [0.2, 0.25) is 0 Å². The van der Waals surface area contributed by atoms with Crippen LogP contribution in [0.5, 0.6) is 0 Å². The van der Waals surface area contributed by atoms with Crippen LogP contribution in [0.2, 0.25) is 0 Å². The minimum atomic E-state index is -0.107. The molecule has 0 N–H and O–H groups in total. The molecule has 1 aromatic rings. The number of carbonyl (C=O) groups is 1. The Hall–Kier alpha value is -1.32. The van der Waals surface area contributed by atoms with E-state index >= 15 is 0 Å². The van der Waals surface area contributed by atoms with Gasteiger partial charge in [-0.25, -0.2) is 4.98 Å². The van der Waals surface area contributed by atoms with Gasteiger partial charge in [-0.15, -0.1) is 0 Å². The van der Waals surface area contributed by atoms with Crippen molar-refractivity contribution >= 4 is 5.97 Å². The van der Waals surface area contributed by atoms with Gasteiger partial charge >= 0.3 is 5.97 Å². The zero-order valence-corrected chi connectivity index (χ0v) is 9.73. The first-order valence-electron chi connectivity index (χ1n) is 5.77. The van der Waals surface area contributed by atoms with E-state index in [2.05, 4.69) is 4.98 Å². The van der Waals surface area contributed by atoms with Gasteiger partial charge in [0.1, 0.15) is 5.76 Å². The molecule has 1 saturated carbocycles. The van der Waals surface area contributed by atoms with Gasteiger partial charge in [-0.05, 0) is 19.3 Å². The SMILES string of the molecule is CCc1cnc(C2CCC(C(=O)OC)C2)o1. The van der Waals surface area contributed by atoms with Crippen LogP contribution in [0.3, 0.4) is 0 Å². The lowest BCUT2D eigenvalue weighted by atomic mass is 10.1. The highest BCUT2D eigenvalue weighted by molar-refractivity contribution is 5.72. The van der Waals surface area contributed by atoms with Gasteiger partial charge in [0.05, 0.1) is 19.2 Å². The molecule has 2 rings (SSSR count). The predicted molar refractivity (Wildman–Crippen MR) is 58.0 cm³/mol. The third-order valence-electron chi connectivity index (χ3n) is 3.24. The van der Waals surface area contributed by atoms with Crippen molar-refractivity contribution in [1.82, 2.24) is 4.98 Å². The Kier molecular flexibility index (Phi) is 3.27. The number of ether oxygens (including phenoxy) is 1. The number of esters is 1. The van der Waals surface area contributed by atoms with E-state index in [0.29, 0.717) is 0 Å². The van der Waals surface area contributed by atoms with Crippen LogP contribution in [-0.2, 0) is 16.0 Å². The number of methoxy groups -OCH3 is 1. The van der Waals surface area contributed by atoms with Crippen LogP contribution in [-0.4, -0.2) is 18.1 Å². The summed E-state index contributed by atoms with van der Waals surface area (Å²) in [4.78, 5) is 15.6. The summed E-state index contributed by atoms with van der Waals surface area (Å²) >= 11 is 0. The molecule has 1 heterocycles. The average Bonchev–Trinajstić information content (AvgIpc) is 2.95. The van der Waals surface area contributed by atoms with Gasteiger partial charge in [-0.3, -0.25) is 4.79 Å². The Morgan fingerprint density at radius 1 is 1.62 bits per heavy atom. The third-order valence-corrected chi connectivity index (χ3v) is 3.24. The number of oxazole rings is 1. The minimum absolute atomic E-state index is 0.0203. The van der Waals surface area contributed by atoms with E-state index in [1.165, 1.54) is 7.11 Å². The number of rotatable bonds is 3. The van der Waals surface area contributed by atoms with Crippen LogP contribution in [0.15, 0.2) is 10.6 Å². The summed E-state index contributed by atoms with van der Waals surface area (Å²) in [5.41, 5.74) is 0. The zero-order chi connectivity index (χ0) is 11.5. The first kappa shape index (κ1) is 11.2. The fourth-order valence-electron chi connectivity index (χ4n) is 2.26. The van der Waals surface area contributed by atoms with Gasteiger partial charge in [-0.1, -0.05) is 6.92 Å². The largest absolute Gasteiger partial charge is 0.469 e. The van der Waals surface area contributed by atoms with Crippen molar-refractivity contribution in [3.8, 4) is 0 Å². The standard InChI is InChI=1S/C12H17NO3/c1-3-10-7-13-11(16-10)8-4-5-9(6-8)12(14)15-2/h7-9H,3-6H2,1-2H3. The molecule has 0 aromatic carbocycles. The highest BCUT2D eigenvalue weighted by Gasteiger charge is 2.33. The number of hydrogen-bond acceptors (Lipinski definition) is 4. The second-order valence-electron chi connectivity index (χ2n) is 4.25. The second-order valence-corrected chi connectivity index (χ2v) is 4.25. The summed E-state index contributed by atoms with van der Waals surface area (Å²) in [5, 5.41) is 0. The molecule has 1 aliphatic carbocycles. The molecular formula is C12H17NO3. The molecule has 0 radical (unpaired) electrons. The van der Waals surface area contributed by atoms with E-state index in [-0.39, 0.29) is 17.8 Å². The number of nitrogens with zero attached hydrogens (tertiary/aromatic N) is 1. The average molecular weight is 223 g/mol. The predicted octanol–water partition coefficient (Wildman–Crippen LogP) is 2.29.